The van der Waals surface area contributed by atoms with Gasteiger partial charge in [-0.05, 0) is 12.1 Å². The lowest BCUT2D eigenvalue weighted by atomic mass is 10.3. The molecule has 0 aliphatic rings. The Hall–Kier alpha value is -1.55. The van der Waals surface area contributed by atoms with Crippen LogP contribution in [0.15, 0.2) is 30.7 Å². The van der Waals surface area contributed by atoms with Gasteiger partial charge in [-0.25, -0.2) is 4.98 Å². The first kappa shape index (κ1) is 9.98. The Morgan fingerprint density at radius 3 is 2.93 bits per heavy atom. The molecule has 2 rings (SSSR count). The minimum Gasteiger partial charge on any atom is -0.390 e. The first-order valence-electron chi connectivity index (χ1n) is 5.02. The summed E-state index contributed by atoms with van der Waals surface area (Å²) in [5.74, 6) is 1.06. The second kappa shape index (κ2) is 4.31. The summed E-state index contributed by atoms with van der Waals surface area (Å²) in [6, 6.07) is 3.88. The summed E-state index contributed by atoms with van der Waals surface area (Å²) >= 11 is 0. The lowest BCUT2D eigenvalue weighted by Gasteiger charge is -2.07. The SMILES string of the molecule is Cn1ccnc1CCn1cccc1CO. The molecule has 0 aliphatic carbocycles. The van der Waals surface area contributed by atoms with Crippen molar-refractivity contribution >= 4 is 0 Å². The van der Waals surface area contributed by atoms with Crippen LogP contribution in [0.5, 0.6) is 0 Å². The van der Waals surface area contributed by atoms with E-state index in [1.54, 1.807) is 6.20 Å². The second-order valence-electron chi connectivity index (χ2n) is 3.56. The van der Waals surface area contributed by atoms with E-state index in [4.69, 9.17) is 5.11 Å². The molecule has 4 heteroatoms. The number of hydrogen-bond acceptors (Lipinski definition) is 2. The summed E-state index contributed by atoms with van der Waals surface area (Å²) in [5, 5.41) is 9.08. The van der Waals surface area contributed by atoms with Crippen LogP contribution in [-0.4, -0.2) is 19.2 Å². The van der Waals surface area contributed by atoms with Gasteiger partial charge in [0.15, 0.2) is 0 Å². The highest BCUT2D eigenvalue weighted by molar-refractivity contribution is 5.06. The first-order valence-corrected chi connectivity index (χ1v) is 5.02. The van der Waals surface area contributed by atoms with Crippen LogP contribution in [-0.2, 0) is 26.6 Å². The van der Waals surface area contributed by atoms with Gasteiger partial charge in [0.1, 0.15) is 5.82 Å². The van der Waals surface area contributed by atoms with E-state index in [-0.39, 0.29) is 6.61 Å². The second-order valence-corrected chi connectivity index (χ2v) is 3.56. The fourth-order valence-corrected chi connectivity index (χ4v) is 1.67. The van der Waals surface area contributed by atoms with Gasteiger partial charge in [0.25, 0.3) is 0 Å². The van der Waals surface area contributed by atoms with Crippen LogP contribution < -0.4 is 0 Å². The van der Waals surface area contributed by atoms with E-state index in [2.05, 4.69) is 9.55 Å². The quantitative estimate of drug-likeness (QED) is 0.807. The smallest absolute Gasteiger partial charge is 0.110 e. The molecule has 2 heterocycles. The van der Waals surface area contributed by atoms with Crippen LogP contribution in [0.4, 0.5) is 0 Å². The summed E-state index contributed by atoms with van der Waals surface area (Å²) in [6.45, 7) is 0.946. The van der Waals surface area contributed by atoms with Crippen molar-refractivity contribution in [2.75, 3.05) is 0 Å². The van der Waals surface area contributed by atoms with Crippen molar-refractivity contribution in [3.63, 3.8) is 0 Å². The van der Waals surface area contributed by atoms with E-state index >= 15 is 0 Å². The average Bonchev–Trinajstić information content (AvgIpc) is 2.83. The zero-order valence-corrected chi connectivity index (χ0v) is 8.80. The minimum atomic E-state index is 0.0908. The van der Waals surface area contributed by atoms with Crippen LogP contribution in [0.3, 0.4) is 0 Å². The Morgan fingerprint density at radius 1 is 1.40 bits per heavy atom. The highest BCUT2D eigenvalue weighted by Gasteiger charge is 2.02. The fourth-order valence-electron chi connectivity index (χ4n) is 1.67. The molecule has 2 aromatic heterocycles. The monoisotopic (exact) mass is 205 g/mol. The first-order chi connectivity index (χ1) is 7.31. The molecule has 1 N–H and O–H groups in total. The van der Waals surface area contributed by atoms with E-state index in [1.807, 2.05) is 36.1 Å². The summed E-state index contributed by atoms with van der Waals surface area (Å²) < 4.78 is 4.07. The molecule has 0 aromatic carbocycles. The molecule has 0 bridgehead atoms. The highest BCUT2D eigenvalue weighted by atomic mass is 16.3. The largest absolute Gasteiger partial charge is 0.390 e. The molecule has 15 heavy (non-hydrogen) atoms. The number of imidazole rings is 1. The van der Waals surface area contributed by atoms with Gasteiger partial charge in [0.2, 0.25) is 0 Å². The van der Waals surface area contributed by atoms with Crippen LogP contribution in [0.2, 0.25) is 0 Å². The van der Waals surface area contributed by atoms with E-state index < -0.39 is 0 Å². The van der Waals surface area contributed by atoms with Crippen LogP contribution in [0.1, 0.15) is 11.5 Å². The van der Waals surface area contributed by atoms with Crippen LogP contribution >= 0.6 is 0 Å². The number of rotatable bonds is 4. The van der Waals surface area contributed by atoms with Crippen molar-refractivity contribution < 1.29 is 5.11 Å². The van der Waals surface area contributed by atoms with Gasteiger partial charge in [0, 0.05) is 44.3 Å². The Kier molecular flexibility index (Phi) is 2.87. The Balaban J connectivity index is 2.02. The molecular weight excluding hydrogens is 190 g/mol. The van der Waals surface area contributed by atoms with Gasteiger partial charge in [-0.2, -0.15) is 0 Å². The maximum Gasteiger partial charge on any atom is 0.110 e. The van der Waals surface area contributed by atoms with E-state index in [9.17, 15) is 0 Å². The lowest BCUT2D eigenvalue weighted by molar-refractivity contribution is 0.270. The van der Waals surface area contributed by atoms with Crippen molar-refractivity contribution in [1.82, 2.24) is 14.1 Å². The van der Waals surface area contributed by atoms with Crippen molar-refractivity contribution in [3.8, 4) is 0 Å². The molecule has 0 amide bonds. The Labute approximate surface area is 88.8 Å². The number of nitrogens with zero attached hydrogens (tertiary/aromatic N) is 3. The van der Waals surface area contributed by atoms with Gasteiger partial charge in [-0.1, -0.05) is 0 Å². The highest BCUT2D eigenvalue weighted by Crippen LogP contribution is 2.04. The molecule has 0 unspecified atom stereocenters. The van der Waals surface area contributed by atoms with Gasteiger partial charge >= 0.3 is 0 Å². The van der Waals surface area contributed by atoms with Gasteiger partial charge < -0.3 is 14.2 Å². The van der Waals surface area contributed by atoms with Crippen molar-refractivity contribution in [2.24, 2.45) is 7.05 Å². The summed E-state index contributed by atoms with van der Waals surface area (Å²) in [5.41, 5.74) is 0.948. The molecule has 2 aromatic rings. The molecule has 0 spiro atoms. The maximum atomic E-state index is 9.08. The zero-order valence-electron chi connectivity index (χ0n) is 8.80. The minimum absolute atomic E-state index is 0.0908. The summed E-state index contributed by atoms with van der Waals surface area (Å²) in [7, 11) is 1.99. The van der Waals surface area contributed by atoms with Crippen molar-refractivity contribution in [3.05, 3.63) is 42.2 Å². The Bertz CT molecular complexity index is 430. The van der Waals surface area contributed by atoms with Crippen molar-refractivity contribution in [2.45, 2.75) is 19.6 Å². The van der Waals surface area contributed by atoms with E-state index in [0.29, 0.717) is 0 Å². The third-order valence-corrected chi connectivity index (χ3v) is 2.58. The molecule has 0 aliphatic heterocycles. The van der Waals surface area contributed by atoms with E-state index in [1.165, 1.54) is 0 Å². The molecule has 4 nitrogen and oxygen atoms in total. The van der Waals surface area contributed by atoms with Gasteiger partial charge in [-0.3, -0.25) is 0 Å². The van der Waals surface area contributed by atoms with Gasteiger partial charge in [0.05, 0.1) is 6.61 Å². The average molecular weight is 205 g/mol. The third kappa shape index (κ3) is 2.10. The van der Waals surface area contributed by atoms with Gasteiger partial charge in [-0.15, -0.1) is 0 Å². The lowest BCUT2D eigenvalue weighted by Crippen LogP contribution is -2.07. The predicted octanol–water partition coefficient (Wildman–Crippen LogP) is 0.957. The zero-order chi connectivity index (χ0) is 10.7. The standard InChI is InChI=1S/C11H15N3O/c1-13-8-5-12-11(13)4-7-14-6-2-3-10(14)9-15/h2-3,5-6,8,15H,4,7,9H2,1H3. The molecule has 0 fully saturated rings. The topological polar surface area (TPSA) is 43.0 Å². The predicted molar refractivity (Wildman–Crippen MR) is 57.3 cm³/mol. The molecule has 80 valence electrons. The number of aryl methyl sites for hydroxylation is 3. The number of hydrogen-bond donors (Lipinski definition) is 1. The van der Waals surface area contributed by atoms with Crippen LogP contribution in [0, 0.1) is 0 Å². The summed E-state index contributed by atoms with van der Waals surface area (Å²) in [6.07, 6.45) is 6.61. The number of aromatic nitrogens is 3. The maximum absolute atomic E-state index is 9.08. The third-order valence-electron chi connectivity index (χ3n) is 2.58. The number of aliphatic hydroxyl groups is 1. The normalized spacial score (nSPS) is 10.8. The number of aliphatic hydroxyl groups excluding tert-OH is 1. The van der Waals surface area contributed by atoms with Crippen molar-refractivity contribution in [1.29, 1.82) is 0 Å². The summed E-state index contributed by atoms with van der Waals surface area (Å²) in [4.78, 5) is 4.26. The molecule has 0 atom stereocenters. The van der Waals surface area contributed by atoms with E-state index in [0.717, 1.165) is 24.5 Å². The fraction of sp³-hybridized carbons (Fsp3) is 0.364. The molecular formula is C11H15N3O. The van der Waals surface area contributed by atoms with Crippen LogP contribution in [0.25, 0.3) is 0 Å². The Morgan fingerprint density at radius 2 is 2.27 bits per heavy atom. The molecule has 0 saturated carbocycles. The molecule has 0 saturated heterocycles. The molecule has 0 radical (unpaired) electrons.